The minimum Gasteiger partial charge on any atom is -0.352 e. The highest BCUT2D eigenvalue weighted by molar-refractivity contribution is 8.00. The Hall–Kier alpha value is -0.710. The molecule has 0 aromatic heterocycles. The molecule has 5 aliphatic rings. The molecule has 28 heavy (non-hydrogen) atoms. The molecule has 5 fully saturated rings. The predicted molar refractivity (Wildman–Crippen MR) is 115 cm³/mol. The molecule has 1 N–H and O–H groups in total. The first kappa shape index (κ1) is 20.6. The third kappa shape index (κ3) is 4.39. The summed E-state index contributed by atoms with van der Waals surface area (Å²) in [4.78, 5) is 26.9. The summed E-state index contributed by atoms with van der Waals surface area (Å²) in [6.07, 6.45) is 14.3. The Kier molecular flexibility index (Phi) is 6.29. The Balaban J connectivity index is 1.20. The van der Waals surface area contributed by atoms with Gasteiger partial charge in [-0.25, -0.2) is 0 Å². The molecule has 4 nitrogen and oxygen atoms in total. The second-order valence-corrected chi connectivity index (χ2v) is 11.3. The van der Waals surface area contributed by atoms with Gasteiger partial charge in [0.05, 0.1) is 11.5 Å². The molecule has 1 atom stereocenters. The van der Waals surface area contributed by atoms with Crippen LogP contribution in [-0.2, 0) is 9.59 Å². The van der Waals surface area contributed by atoms with Crippen LogP contribution < -0.4 is 5.32 Å². The Morgan fingerprint density at radius 1 is 1.00 bits per heavy atom. The molecule has 5 saturated carbocycles. The number of hydrogen-bond donors (Lipinski definition) is 1. The summed E-state index contributed by atoms with van der Waals surface area (Å²) in [6, 6.07) is 0.682. The summed E-state index contributed by atoms with van der Waals surface area (Å²) in [5.41, 5.74) is 0.353. The zero-order valence-corrected chi connectivity index (χ0v) is 18.6. The third-order valence-corrected chi connectivity index (χ3v) is 9.27. The number of hydrogen-bond acceptors (Lipinski definition) is 3. The predicted octanol–water partition coefficient (Wildman–Crippen LogP) is 4.23. The van der Waals surface area contributed by atoms with Gasteiger partial charge in [-0.3, -0.25) is 9.59 Å². The molecule has 0 spiro atoms. The van der Waals surface area contributed by atoms with Gasteiger partial charge in [-0.2, -0.15) is 0 Å². The van der Waals surface area contributed by atoms with Gasteiger partial charge in [-0.15, -0.1) is 11.8 Å². The zero-order chi connectivity index (χ0) is 19.7. The standard InChI is InChI=1S/C23H38N2O2S/c1-16(23-11-17-8-18(12-23)10-19(9-17)13-23)24-21(26)14-28-15-22(27)25(2)20-6-4-3-5-7-20/h16-20H,3-15H2,1-2H3,(H,24,26)/t16-,17?,18?,19?,23?/m0/s1. The van der Waals surface area contributed by atoms with E-state index in [9.17, 15) is 9.59 Å². The lowest BCUT2D eigenvalue weighted by atomic mass is 9.48. The van der Waals surface area contributed by atoms with E-state index in [2.05, 4.69) is 12.2 Å². The quantitative estimate of drug-likeness (QED) is 0.688. The number of nitrogens with one attached hydrogen (secondary N) is 1. The van der Waals surface area contributed by atoms with E-state index in [0.29, 0.717) is 23.0 Å². The van der Waals surface area contributed by atoms with E-state index in [1.54, 1.807) is 0 Å². The molecule has 5 heteroatoms. The Morgan fingerprint density at radius 2 is 1.57 bits per heavy atom. The van der Waals surface area contributed by atoms with Crippen LogP contribution in [0.25, 0.3) is 0 Å². The number of nitrogens with zero attached hydrogens (tertiary/aromatic N) is 1. The van der Waals surface area contributed by atoms with Gasteiger partial charge in [0.1, 0.15) is 0 Å². The molecule has 158 valence electrons. The molecule has 0 aromatic carbocycles. The molecule has 0 aliphatic heterocycles. The highest BCUT2D eigenvalue weighted by atomic mass is 32.2. The molecular formula is C23H38N2O2S. The van der Waals surface area contributed by atoms with Crippen molar-refractivity contribution < 1.29 is 9.59 Å². The number of carbonyl (C=O) groups is 2. The van der Waals surface area contributed by atoms with Crippen molar-refractivity contribution in [1.82, 2.24) is 10.2 Å². The second kappa shape index (κ2) is 8.57. The first-order valence-corrected chi connectivity index (χ1v) is 12.7. The van der Waals surface area contributed by atoms with Gasteiger partial charge in [0.25, 0.3) is 0 Å². The van der Waals surface area contributed by atoms with Crippen LogP contribution in [0.5, 0.6) is 0 Å². The summed E-state index contributed by atoms with van der Waals surface area (Å²) >= 11 is 1.48. The zero-order valence-electron chi connectivity index (χ0n) is 17.8. The average Bonchev–Trinajstić information content (AvgIpc) is 2.67. The van der Waals surface area contributed by atoms with Crippen LogP contribution in [0.4, 0.5) is 0 Å². The molecule has 5 aliphatic carbocycles. The Bertz CT molecular complexity index is 552. The van der Waals surface area contributed by atoms with E-state index in [-0.39, 0.29) is 17.9 Å². The van der Waals surface area contributed by atoms with Crippen LogP contribution >= 0.6 is 11.8 Å². The first-order valence-electron chi connectivity index (χ1n) is 11.6. The van der Waals surface area contributed by atoms with Gasteiger partial charge in [0.15, 0.2) is 0 Å². The highest BCUT2D eigenvalue weighted by Gasteiger charge is 2.53. The van der Waals surface area contributed by atoms with Crippen LogP contribution in [0.1, 0.15) is 77.6 Å². The number of thioether (sulfide) groups is 1. The van der Waals surface area contributed by atoms with Crippen molar-refractivity contribution in [3.8, 4) is 0 Å². The minimum absolute atomic E-state index is 0.112. The van der Waals surface area contributed by atoms with Gasteiger partial charge in [0.2, 0.25) is 11.8 Å². The summed E-state index contributed by atoms with van der Waals surface area (Å²) in [5, 5.41) is 3.32. The van der Waals surface area contributed by atoms with E-state index in [0.717, 1.165) is 30.6 Å². The van der Waals surface area contributed by atoms with Crippen molar-refractivity contribution in [3.63, 3.8) is 0 Å². The van der Waals surface area contributed by atoms with Crippen LogP contribution in [0, 0.1) is 23.2 Å². The van der Waals surface area contributed by atoms with Crippen molar-refractivity contribution in [2.75, 3.05) is 18.6 Å². The maximum Gasteiger partial charge on any atom is 0.232 e. The van der Waals surface area contributed by atoms with Crippen LogP contribution in [0.3, 0.4) is 0 Å². The van der Waals surface area contributed by atoms with E-state index in [1.165, 1.54) is 69.5 Å². The molecule has 2 amide bonds. The van der Waals surface area contributed by atoms with Crippen molar-refractivity contribution >= 4 is 23.6 Å². The fourth-order valence-electron chi connectivity index (χ4n) is 7.15. The minimum atomic E-state index is 0.112. The summed E-state index contributed by atoms with van der Waals surface area (Å²) in [6.45, 7) is 2.23. The van der Waals surface area contributed by atoms with Gasteiger partial charge in [-0.1, -0.05) is 19.3 Å². The average molecular weight is 407 g/mol. The van der Waals surface area contributed by atoms with E-state index in [4.69, 9.17) is 0 Å². The number of rotatable bonds is 7. The second-order valence-electron chi connectivity index (χ2n) is 10.4. The van der Waals surface area contributed by atoms with Crippen molar-refractivity contribution in [3.05, 3.63) is 0 Å². The SMILES string of the molecule is C[C@H](NC(=O)CSCC(=O)N(C)C1CCCCC1)C12CC3CC(CC(C3)C1)C2. The van der Waals surface area contributed by atoms with Gasteiger partial charge in [-0.05, 0) is 81.5 Å². The summed E-state index contributed by atoms with van der Waals surface area (Å²) < 4.78 is 0. The van der Waals surface area contributed by atoms with Crippen molar-refractivity contribution in [2.45, 2.75) is 89.6 Å². The lowest BCUT2D eigenvalue weighted by Gasteiger charge is -2.59. The molecule has 0 unspecified atom stereocenters. The third-order valence-electron chi connectivity index (χ3n) is 8.36. The van der Waals surface area contributed by atoms with Crippen molar-refractivity contribution in [2.24, 2.45) is 23.2 Å². The molecule has 5 rings (SSSR count). The smallest absolute Gasteiger partial charge is 0.232 e. The van der Waals surface area contributed by atoms with Crippen molar-refractivity contribution in [1.29, 1.82) is 0 Å². The van der Waals surface area contributed by atoms with E-state index < -0.39 is 0 Å². The van der Waals surface area contributed by atoms with E-state index >= 15 is 0 Å². The number of carbonyl (C=O) groups excluding carboxylic acids is 2. The van der Waals surface area contributed by atoms with Crippen LogP contribution in [-0.4, -0.2) is 47.4 Å². The largest absolute Gasteiger partial charge is 0.352 e. The van der Waals surface area contributed by atoms with Gasteiger partial charge < -0.3 is 10.2 Å². The van der Waals surface area contributed by atoms with Gasteiger partial charge in [0, 0.05) is 19.1 Å². The lowest BCUT2D eigenvalue weighted by Crippen LogP contribution is -2.56. The lowest BCUT2D eigenvalue weighted by molar-refractivity contribution is -0.129. The summed E-state index contributed by atoms with van der Waals surface area (Å²) in [5.74, 6) is 3.85. The topological polar surface area (TPSA) is 49.4 Å². The molecule has 0 heterocycles. The maximum atomic E-state index is 12.5. The van der Waals surface area contributed by atoms with Gasteiger partial charge >= 0.3 is 0 Å². The summed E-state index contributed by atoms with van der Waals surface area (Å²) in [7, 11) is 1.94. The Morgan fingerprint density at radius 3 is 2.14 bits per heavy atom. The fourth-order valence-corrected chi connectivity index (χ4v) is 7.90. The van der Waals surface area contributed by atoms with E-state index in [1.807, 2.05) is 11.9 Å². The molecule has 0 saturated heterocycles. The number of amides is 2. The monoisotopic (exact) mass is 406 g/mol. The molecular weight excluding hydrogens is 368 g/mol. The normalized spacial score (nSPS) is 35.6. The first-order chi connectivity index (χ1) is 13.4. The van der Waals surface area contributed by atoms with Crippen LogP contribution in [0.15, 0.2) is 0 Å². The molecule has 0 aromatic rings. The van der Waals surface area contributed by atoms with Crippen LogP contribution in [0.2, 0.25) is 0 Å². The highest BCUT2D eigenvalue weighted by Crippen LogP contribution is 2.61. The maximum absolute atomic E-state index is 12.5. The Labute approximate surface area is 175 Å². The molecule has 0 radical (unpaired) electrons. The fraction of sp³-hybridized carbons (Fsp3) is 0.913. The molecule has 4 bridgehead atoms.